The van der Waals surface area contributed by atoms with Crippen LogP contribution in [0.2, 0.25) is 0 Å². The summed E-state index contributed by atoms with van der Waals surface area (Å²) in [4.78, 5) is 3.23. The maximum Gasteiger partial charge on any atom is 0.127 e. The lowest BCUT2D eigenvalue weighted by atomic mass is 10.2. The standard InChI is InChI=1S/C13H8BrN3S/c14-11-5-6-12(18-11)17-13-9(7-15)8-3-1-2-4-10(8)16-13/h1-6,16-17H. The summed E-state index contributed by atoms with van der Waals surface area (Å²) in [5, 5.41) is 14.5. The predicted octanol–water partition coefficient (Wildman–Crippen LogP) is 4.61. The van der Waals surface area contributed by atoms with Crippen LogP contribution in [0.5, 0.6) is 0 Å². The molecule has 0 aliphatic heterocycles. The molecule has 18 heavy (non-hydrogen) atoms. The Labute approximate surface area is 116 Å². The molecule has 2 N–H and O–H groups in total. The van der Waals surface area contributed by atoms with Gasteiger partial charge >= 0.3 is 0 Å². The first-order valence-electron chi connectivity index (χ1n) is 5.31. The minimum absolute atomic E-state index is 0.648. The van der Waals surface area contributed by atoms with Crippen LogP contribution in [0.4, 0.5) is 10.8 Å². The number of nitrogens with zero attached hydrogens (tertiary/aromatic N) is 1. The second-order valence-electron chi connectivity index (χ2n) is 3.76. The number of thiophene rings is 1. The average molecular weight is 318 g/mol. The van der Waals surface area contributed by atoms with Crippen molar-refractivity contribution in [1.29, 1.82) is 5.26 Å². The highest BCUT2D eigenvalue weighted by molar-refractivity contribution is 9.11. The van der Waals surface area contributed by atoms with Gasteiger partial charge in [0.15, 0.2) is 0 Å². The molecule has 0 saturated heterocycles. The number of nitriles is 1. The number of aromatic amines is 1. The number of para-hydroxylation sites is 1. The van der Waals surface area contributed by atoms with Crippen molar-refractivity contribution < 1.29 is 0 Å². The van der Waals surface area contributed by atoms with E-state index in [0.717, 1.165) is 25.5 Å². The number of halogens is 1. The second-order valence-corrected chi connectivity index (χ2v) is 6.22. The number of hydrogen-bond acceptors (Lipinski definition) is 3. The quantitative estimate of drug-likeness (QED) is 0.725. The van der Waals surface area contributed by atoms with Crippen LogP contribution in [0.1, 0.15) is 5.56 Å². The third kappa shape index (κ3) is 1.90. The van der Waals surface area contributed by atoms with Crippen molar-refractivity contribution in [1.82, 2.24) is 4.98 Å². The van der Waals surface area contributed by atoms with Crippen LogP contribution in [0, 0.1) is 11.3 Å². The average Bonchev–Trinajstić information content (AvgIpc) is 2.92. The van der Waals surface area contributed by atoms with Gasteiger partial charge < -0.3 is 10.3 Å². The third-order valence-corrected chi connectivity index (χ3v) is 4.18. The molecule has 0 radical (unpaired) electrons. The normalized spacial score (nSPS) is 10.4. The van der Waals surface area contributed by atoms with Gasteiger partial charge in [0.1, 0.15) is 17.5 Å². The zero-order chi connectivity index (χ0) is 12.5. The molecule has 5 heteroatoms. The van der Waals surface area contributed by atoms with E-state index in [2.05, 4.69) is 32.3 Å². The largest absolute Gasteiger partial charge is 0.340 e. The molecule has 0 atom stereocenters. The van der Waals surface area contributed by atoms with Crippen LogP contribution in [-0.2, 0) is 0 Å². The Hall–Kier alpha value is -1.77. The van der Waals surface area contributed by atoms with E-state index in [1.807, 2.05) is 36.4 Å². The van der Waals surface area contributed by atoms with E-state index in [1.54, 1.807) is 11.3 Å². The summed E-state index contributed by atoms with van der Waals surface area (Å²) < 4.78 is 1.06. The molecule has 0 bridgehead atoms. The number of fused-ring (bicyclic) bond motifs is 1. The van der Waals surface area contributed by atoms with Crippen molar-refractivity contribution in [2.75, 3.05) is 5.32 Å². The van der Waals surface area contributed by atoms with Crippen molar-refractivity contribution in [3.05, 3.63) is 45.7 Å². The zero-order valence-electron chi connectivity index (χ0n) is 9.20. The molecule has 0 unspecified atom stereocenters. The minimum atomic E-state index is 0.648. The van der Waals surface area contributed by atoms with E-state index in [4.69, 9.17) is 0 Å². The van der Waals surface area contributed by atoms with Crippen LogP contribution in [0.3, 0.4) is 0 Å². The summed E-state index contributed by atoms with van der Waals surface area (Å²) in [5.41, 5.74) is 1.61. The number of nitrogens with one attached hydrogen (secondary N) is 2. The first-order valence-corrected chi connectivity index (χ1v) is 6.92. The highest BCUT2D eigenvalue weighted by Gasteiger charge is 2.11. The number of aromatic nitrogens is 1. The summed E-state index contributed by atoms with van der Waals surface area (Å²) in [5.74, 6) is 0.744. The molecule has 0 aliphatic rings. The maximum atomic E-state index is 9.27. The van der Waals surface area contributed by atoms with E-state index < -0.39 is 0 Å². The fourth-order valence-electron chi connectivity index (χ4n) is 1.86. The number of H-pyrrole nitrogens is 1. The Bertz CT molecular complexity index is 751. The van der Waals surface area contributed by atoms with Gasteiger partial charge in [0.05, 0.1) is 8.79 Å². The van der Waals surface area contributed by atoms with Crippen LogP contribution < -0.4 is 5.32 Å². The molecule has 0 spiro atoms. The highest BCUT2D eigenvalue weighted by Crippen LogP contribution is 2.32. The summed E-state index contributed by atoms with van der Waals surface area (Å²) in [6.07, 6.45) is 0. The monoisotopic (exact) mass is 317 g/mol. The fourth-order valence-corrected chi connectivity index (χ4v) is 3.15. The van der Waals surface area contributed by atoms with Crippen LogP contribution in [0.15, 0.2) is 40.2 Å². The molecule has 0 amide bonds. The molecule has 0 fully saturated rings. The Morgan fingerprint density at radius 2 is 2.06 bits per heavy atom. The van der Waals surface area contributed by atoms with Crippen molar-refractivity contribution in [2.24, 2.45) is 0 Å². The van der Waals surface area contributed by atoms with Crippen molar-refractivity contribution in [3.8, 4) is 6.07 Å². The SMILES string of the molecule is N#Cc1c(Nc2ccc(Br)s2)[nH]c2ccccc12. The summed E-state index contributed by atoms with van der Waals surface area (Å²) in [6.45, 7) is 0. The van der Waals surface area contributed by atoms with Gasteiger partial charge in [-0.05, 0) is 34.1 Å². The van der Waals surface area contributed by atoms with Crippen LogP contribution >= 0.6 is 27.3 Å². The second kappa shape index (κ2) is 4.48. The van der Waals surface area contributed by atoms with Crippen LogP contribution in [-0.4, -0.2) is 4.98 Å². The fraction of sp³-hybridized carbons (Fsp3) is 0. The molecule has 2 aromatic heterocycles. The lowest BCUT2D eigenvalue weighted by Crippen LogP contribution is -1.89. The van der Waals surface area contributed by atoms with Crippen molar-refractivity contribution in [3.63, 3.8) is 0 Å². The Balaban J connectivity index is 2.09. The van der Waals surface area contributed by atoms with E-state index in [-0.39, 0.29) is 0 Å². The molecule has 0 saturated carbocycles. The van der Waals surface area contributed by atoms with Gasteiger partial charge in [0, 0.05) is 10.9 Å². The number of anilines is 2. The van der Waals surface area contributed by atoms with E-state index in [1.165, 1.54) is 0 Å². The van der Waals surface area contributed by atoms with Gasteiger partial charge in [0.25, 0.3) is 0 Å². The zero-order valence-corrected chi connectivity index (χ0v) is 11.6. The third-order valence-electron chi connectivity index (χ3n) is 2.64. The lowest BCUT2D eigenvalue weighted by molar-refractivity contribution is 1.41. The Kier molecular flexibility index (Phi) is 2.82. The molecule has 3 rings (SSSR count). The summed E-state index contributed by atoms with van der Waals surface area (Å²) in [7, 11) is 0. The Morgan fingerprint density at radius 3 is 2.78 bits per heavy atom. The summed E-state index contributed by atoms with van der Waals surface area (Å²) >= 11 is 5.01. The molecular weight excluding hydrogens is 310 g/mol. The molecule has 88 valence electrons. The minimum Gasteiger partial charge on any atom is -0.340 e. The molecule has 2 heterocycles. The molecular formula is C13H8BrN3S. The number of rotatable bonds is 2. The van der Waals surface area contributed by atoms with Gasteiger partial charge in [-0.3, -0.25) is 0 Å². The van der Waals surface area contributed by atoms with E-state index in [0.29, 0.717) is 5.56 Å². The van der Waals surface area contributed by atoms with Crippen molar-refractivity contribution >= 4 is 49.0 Å². The smallest absolute Gasteiger partial charge is 0.127 e. The highest BCUT2D eigenvalue weighted by atomic mass is 79.9. The number of benzene rings is 1. The van der Waals surface area contributed by atoms with E-state index in [9.17, 15) is 5.26 Å². The van der Waals surface area contributed by atoms with E-state index >= 15 is 0 Å². The number of hydrogen-bond donors (Lipinski definition) is 2. The van der Waals surface area contributed by atoms with Gasteiger partial charge in [-0.15, -0.1) is 11.3 Å². The first-order chi connectivity index (χ1) is 8.78. The van der Waals surface area contributed by atoms with Gasteiger partial charge in [-0.25, -0.2) is 0 Å². The molecule has 0 aliphatic carbocycles. The molecule has 1 aromatic carbocycles. The summed E-state index contributed by atoms with van der Waals surface area (Å²) in [6, 6.07) is 14.0. The lowest BCUT2D eigenvalue weighted by Gasteiger charge is -1.99. The van der Waals surface area contributed by atoms with Crippen LogP contribution in [0.25, 0.3) is 10.9 Å². The predicted molar refractivity (Wildman–Crippen MR) is 78.3 cm³/mol. The molecule has 3 aromatic rings. The van der Waals surface area contributed by atoms with Crippen molar-refractivity contribution in [2.45, 2.75) is 0 Å². The maximum absolute atomic E-state index is 9.27. The van der Waals surface area contributed by atoms with Gasteiger partial charge in [-0.1, -0.05) is 18.2 Å². The molecule has 3 nitrogen and oxygen atoms in total. The Morgan fingerprint density at radius 1 is 1.22 bits per heavy atom. The first kappa shape index (κ1) is 11.3. The van der Waals surface area contributed by atoms with Gasteiger partial charge in [-0.2, -0.15) is 5.26 Å². The van der Waals surface area contributed by atoms with Gasteiger partial charge in [0.2, 0.25) is 0 Å². The topological polar surface area (TPSA) is 51.6 Å².